The fraction of sp³-hybridized carbons (Fsp3) is 0.867. The quantitative estimate of drug-likeness (QED) is 0.644. The van der Waals surface area contributed by atoms with Crippen LogP contribution in [0.5, 0.6) is 0 Å². The van der Waals surface area contributed by atoms with Crippen LogP contribution in [0.15, 0.2) is 6.33 Å². The van der Waals surface area contributed by atoms with E-state index in [4.69, 9.17) is 5.84 Å². The van der Waals surface area contributed by atoms with E-state index < -0.39 is 0 Å². The molecule has 1 unspecified atom stereocenters. The molecule has 0 spiro atoms. The highest BCUT2D eigenvalue weighted by molar-refractivity contribution is 5.08. The molecular formula is C15H25N5. The topological polar surface area (TPSA) is 68.8 Å². The summed E-state index contributed by atoms with van der Waals surface area (Å²) in [6.45, 7) is 0. The van der Waals surface area contributed by atoms with Crippen molar-refractivity contribution in [2.45, 2.75) is 51.0 Å². The Labute approximate surface area is 120 Å². The Kier molecular flexibility index (Phi) is 2.89. The van der Waals surface area contributed by atoms with E-state index in [9.17, 15) is 0 Å². The van der Waals surface area contributed by atoms with Crippen LogP contribution in [0.4, 0.5) is 0 Å². The fourth-order valence-corrected chi connectivity index (χ4v) is 5.74. The molecule has 4 fully saturated rings. The number of rotatable bonds is 4. The van der Waals surface area contributed by atoms with Crippen LogP contribution < -0.4 is 11.3 Å². The molecule has 0 aliphatic heterocycles. The van der Waals surface area contributed by atoms with Gasteiger partial charge in [0.05, 0.1) is 0 Å². The number of aryl methyl sites for hydroxylation is 1. The van der Waals surface area contributed by atoms with Crippen LogP contribution in [0.3, 0.4) is 0 Å². The highest BCUT2D eigenvalue weighted by Crippen LogP contribution is 2.61. The standard InChI is InChI=1S/C15H25N5/c1-20-14(17-9-18-20)5-13(19-16)15-6-10-2-11(7-15)4-12(3-10)8-15/h9-13,19H,2-8,16H2,1H3. The molecular weight excluding hydrogens is 250 g/mol. The Morgan fingerprint density at radius 2 is 1.90 bits per heavy atom. The summed E-state index contributed by atoms with van der Waals surface area (Å²) in [4.78, 5) is 4.39. The maximum absolute atomic E-state index is 5.95. The lowest BCUT2D eigenvalue weighted by Crippen LogP contribution is -2.58. The van der Waals surface area contributed by atoms with Gasteiger partial charge in [0.25, 0.3) is 0 Å². The summed E-state index contributed by atoms with van der Waals surface area (Å²) in [6.07, 6.45) is 11.1. The van der Waals surface area contributed by atoms with Gasteiger partial charge in [0.2, 0.25) is 0 Å². The zero-order chi connectivity index (χ0) is 13.7. The third-order valence-corrected chi connectivity index (χ3v) is 6.22. The van der Waals surface area contributed by atoms with Crippen LogP contribution in [0, 0.1) is 23.2 Å². The molecule has 0 amide bonds. The fourth-order valence-electron chi connectivity index (χ4n) is 5.74. The summed E-state index contributed by atoms with van der Waals surface area (Å²) in [6, 6.07) is 0.346. The molecule has 5 heteroatoms. The van der Waals surface area contributed by atoms with E-state index in [1.54, 1.807) is 6.33 Å². The van der Waals surface area contributed by atoms with E-state index in [1.807, 2.05) is 11.7 Å². The van der Waals surface area contributed by atoms with Crippen molar-refractivity contribution in [3.05, 3.63) is 12.2 Å². The first kappa shape index (κ1) is 12.8. The smallest absolute Gasteiger partial charge is 0.138 e. The molecule has 1 aromatic heterocycles. The van der Waals surface area contributed by atoms with Crippen LogP contribution in [-0.4, -0.2) is 20.8 Å². The molecule has 0 radical (unpaired) electrons. The first-order chi connectivity index (χ1) is 9.68. The number of hydrogen-bond donors (Lipinski definition) is 2. The average molecular weight is 275 g/mol. The predicted octanol–water partition coefficient (Wildman–Crippen LogP) is 1.41. The predicted molar refractivity (Wildman–Crippen MR) is 76.4 cm³/mol. The molecule has 4 saturated carbocycles. The SMILES string of the molecule is Cn1ncnc1CC(NN)C12CC3CC(CC(C3)C1)C2. The molecule has 4 aliphatic rings. The lowest BCUT2D eigenvalue weighted by molar-refractivity contribution is -0.0741. The van der Waals surface area contributed by atoms with E-state index in [0.29, 0.717) is 11.5 Å². The second kappa shape index (κ2) is 4.53. The molecule has 1 heterocycles. The lowest BCUT2D eigenvalue weighted by Gasteiger charge is -2.59. The van der Waals surface area contributed by atoms with Gasteiger partial charge < -0.3 is 0 Å². The third kappa shape index (κ3) is 1.91. The van der Waals surface area contributed by atoms with Gasteiger partial charge in [0.1, 0.15) is 12.2 Å². The number of nitrogens with two attached hydrogens (primary N) is 1. The second-order valence-corrected chi connectivity index (χ2v) is 7.50. The highest BCUT2D eigenvalue weighted by Gasteiger charge is 2.54. The van der Waals surface area contributed by atoms with Gasteiger partial charge in [-0.2, -0.15) is 5.10 Å². The highest BCUT2D eigenvalue weighted by atomic mass is 15.3. The molecule has 4 bridgehead atoms. The Balaban J connectivity index is 1.59. The third-order valence-electron chi connectivity index (χ3n) is 6.22. The molecule has 1 atom stereocenters. The Bertz CT molecular complexity index is 459. The summed E-state index contributed by atoms with van der Waals surface area (Å²) < 4.78 is 1.88. The minimum Gasteiger partial charge on any atom is -0.271 e. The van der Waals surface area contributed by atoms with Crippen LogP contribution in [0.1, 0.15) is 44.3 Å². The van der Waals surface area contributed by atoms with Gasteiger partial charge in [0.15, 0.2) is 0 Å². The van der Waals surface area contributed by atoms with Crippen molar-refractivity contribution in [1.29, 1.82) is 0 Å². The van der Waals surface area contributed by atoms with Crippen LogP contribution >= 0.6 is 0 Å². The maximum atomic E-state index is 5.95. The second-order valence-electron chi connectivity index (χ2n) is 7.50. The van der Waals surface area contributed by atoms with Gasteiger partial charge in [-0.1, -0.05) is 0 Å². The Morgan fingerprint density at radius 3 is 2.35 bits per heavy atom. The molecule has 4 aliphatic carbocycles. The average Bonchev–Trinajstić information content (AvgIpc) is 2.79. The largest absolute Gasteiger partial charge is 0.271 e. The summed E-state index contributed by atoms with van der Waals surface area (Å²) in [7, 11) is 1.97. The van der Waals surface area contributed by atoms with Gasteiger partial charge in [-0.15, -0.1) is 0 Å². The van der Waals surface area contributed by atoms with Crippen LogP contribution in [0.2, 0.25) is 0 Å². The van der Waals surface area contributed by atoms with E-state index in [1.165, 1.54) is 38.5 Å². The lowest BCUT2D eigenvalue weighted by atomic mass is 9.47. The number of nitrogens with zero attached hydrogens (tertiary/aromatic N) is 3. The molecule has 0 saturated heterocycles. The summed E-state index contributed by atoms with van der Waals surface area (Å²) in [5.41, 5.74) is 3.56. The molecule has 0 aromatic carbocycles. The molecule has 5 nitrogen and oxygen atoms in total. The van der Waals surface area contributed by atoms with Crippen molar-refractivity contribution in [3.63, 3.8) is 0 Å². The number of aromatic nitrogens is 3. The van der Waals surface area contributed by atoms with Crippen LogP contribution in [0.25, 0.3) is 0 Å². The number of hydrogen-bond acceptors (Lipinski definition) is 4. The van der Waals surface area contributed by atoms with Crippen molar-refractivity contribution in [2.75, 3.05) is 0 Å². The summed E-state index contributed by atoms with van der Waals surface area (Å²) in [5, 5.41) is 4.19. The minimum atomic E-state index is 0.346. The van der Waals surface area contributed by atoms with Crippen molar-refractivity contribution in [3.8, 4) is 0 Å². The van der Waals surface area contributed by atoms with Crippen molar-refractivity contribution < 1.29 is 0 Å². The van der Waals surface area contributed by atoms with Gasteiger partial charge in [-0.05, 0) is 61.7 Å². The number of hydrazine groups is 1. The minimum absolute atomic E-state index is 0.346. The van der Waals surface area contributed by atoms with Crippen molar-refractivity contribution >= 4 is 0 Å². The molecule has 3 N–H and O–H groups in total. The van der Waals surface area contributed by atoms with E-state index in [2.05, 4.69) is 15.5 Å². The first-order valence-corrected chi connectivity index (χ1v) is 7.97. The Morgan fingerprint density at radius 1 is 1.30 bits per heavy atom. The van der Waals surface area contributed by atoms with E-state index >= 15 is 0 Å². The van der Waals surface area contributed by atoms with Gasteiger partial charge >= 0.3 is 0 Å². The molecule has 1 aromatic rings. The van der Waals surface area contributed by atoms with E-state index in [-0.39, 0.29) is 0 Å². The van der Waals surface area contributed by atoms with Crippen molar-refractivity contribution in [2.24, 2.45) is 36.1 Å². The molecule has 110 valence electrons. The van der Waals surface area contributed by atoms with E-state index in [0.717, 1.165) is 30.0 Å². The number of nitrogens with one attached hydrogen (secondary N) is 1. The molecule has 5 rings (SSSR count). The monoisotopic (exact) mass is 275 g/mol. The zero-order valence-electron chi connectivity index (χ0n) is 12.3. The van der Waals surface area contributed by atoms with Gasteiger partial charge in [0, 0.05) is 19.5 Å². The zero-order valence-corrected chi connectivity index (χ0v) is 12.3. The van der Waals surface area contributed by atoms with Gasteiger partial charge in [-0.3, -0.25) is 16.0 Å². The maximum Gasteiger partial charge on any atom is 0.138 e. The molecule has 20 heavy (non-hydrogen) atoms. The summed E-state index contributed by atoms with van der Waals surface area (Å²) >= 11 is 0. The normalized spacial score (nSPS) is 40.2. The summed E-state index contributed by atoms with van der Waals surface area (Å²) in [5.74, 6) is 9.86. The Hall–Kier alpha value is -0.940. The van der Waals surface area contributed by atoms with Crippen LogP contribution in [-0.2, 0) is 13.5 Å². The van der Waals surface area contributed by atoms with Gasteiger partial charge in [-0.25, -0.2) is 4.98 Å². The first-order valence-electron chi connectivity index (χ1n) is 7.97. The van der Waals surface area contributed by atoms with Crippen molar-refractivity contribution in [1.82, 2.24) is 20.2 Å².